The molecule has 106 valence electrons. The summed E-state index contributed by atoms with van der Waals surface area (Å²) in [6.07, 6.45) is 0. The molecule has 0 saturated heterocycles. The van der Waals surface area contributed by atoms with Crippen LogP contribution >= 0.6 is 43.5 Å². The van der Waals surface area contributed by atoms with Crippen LogP contribution in [0.3, 0.4) is 0 Å². The Labute approximate surface area is 138 Å². The van der Waals surface area contributed by atoms with Crippen molar-refractivity contribution in [1.82, 2.24) is 0 Å². The van der Waals surface area contributed by atoms with Crippen LogP contribution in [0.15, 0.2) is 50.2 Å². The second-order valence-corrected chi connectivity index (χ2v) is 7.77. The van der Waals surface area contributed by atoms with Gasteiger partial charge in [0.15, 0.2) is 0 Å². The Morgan fingerprint density at radius 3 is 2.50 bits per heavy atom. The Morgan fingerprint density at radius 1 is 1.10 bits per heavy atom. The molecule has 2 aromatic rings. The number of hydrogen-bond donors (Lipinski definition) is 2. The maximum absolute atomic E-state index is 12.4. The topological polar surface area (TPSA) is 72.2 Å². The van der Waals surface area contributed by atoms with Gasteiger partial charge < -0.3 is 5.73 Å². The van der Waals surface area contributed by atoms with Gasteiger partial charge in [-0.1, -0.05) is 27.5 Å². The molecule has 3 N–H and O–H groups in total. The number of sulfonamides is 1. The van der Waals surface area contributed by atoms with Gasteiger partial charge in [0.25, 0.3) is 10.0 Å². The van der Waals surface area contributed by atoms with E-state index in [0.717, 1.165) is 0 Å². The summed E-state index contributed by atoms with van der Waals surface area (Å²) < 4.78 is 28.4. The van der Waals surface area contributed by atoms with Crippen molar-refractivity contribution in [3.8, 4) is 0 Å². The van der Waals surface area contributed by atoms with E-state index in [-0.39, 0.29) is 10.6 Å². The van der Waals surface area contributed by atoms with Crippen molar-refractivity contribution >= 4 is 64.9 Å². The first-order valence-electron chi connectivity index (χ1n) is 5.32. The van der Waals surface area contributed by atoms with E-state index in [2.05, 4.69) is 36.6 Å². The highest BCUT2D eigenvalue weighted by atomic mass is 79.9. The molecule has 0 atom stereocenters. The molecule has 2 aromatic carbocycles. The number of anilines is 2. The quantitative estimate of drug-likeness (QED) is 0.701. The smallest absolute Gasteiger partial charge is 0.264 e. The zero-order valence-electron chi connectivity index (χ0n) is 9.90. The Morgan fingerprint density at radius 2 is 1.80 bits per heavy atom. The molecule has 0 aliphatic carbocycles. The molecule has 2 rings (SSSR count). The molecule has 0 amide bonds. The first kappa shape index (κ1) is 15.6. The van der Waals surface area contributed by atoms with Crippen molar-refractivity contribution in [1.29, 1.82) is 0 Å². The molecule has 0 aliphatic heterocycles. The molecule has 0 aromatic heterocycles. The molecule has 20 heavy (non-hydrogen) atoms. The van der Waals surface area contributed by atoms with E-state index in [1.54, 1.807) is 18.2 Å². The molecular formula is C12H9Br2ClN2O2S. The summed E-state index contributed by atoms with van der Waals surface area (Å²) in [7, 11) is -3.80. The third kappa shape index (κ3) is 3.46. The van der Waals surface area contributed by atoms with Crippen LogP contribution in [0.5, 0.6) is 0 Å². The number of nitrogens with one attached hydrogen (secondary N) is 1. The van der Waals surface area contributed by atoms with Crippen molar-refractivity contribution in [2.24, 2.45) is 0 Å². The maximum Gasteiger partial charge on any atom is 0.264 e. The van der Waals surface area contributed by atoms with E-state index in [0.29, 0.717) is 19.7 Å². The second-order valence-electron chi connectivity index (χ2n) is 3.91. The summed E-state index contributed by atoms with van der Waals surface area (Å²) in [5.41, 5.74) is 6.23. The van der Waals surface area contributed by atoms with Gasteiger partial charge >= 0.3 is 0 Å². The number of benzene rings is 2. The van der Waals surface area contributed by atoms with Crippen molar-refractivity contribution in [3.05, 3.63) is 50.4 Å². The molecule has 0 fully saturated rings. The number of halogens is 3. The molecule has 0 radical (unpaired) electrons. The minimum atomic E-state index is -3.80. The van der Waals surface area contributed by atoms with E-state index < -0.39 is 10.0 Å². The van der Waals surface area contributed by atoms with Gasteiger partial charge in [-0.25, -0.2) is 8.42 Å². The molecule has 8 heteroatoms. The van der Waals surface area contributed by atoms with E-state index >= 15 is 0 Å². The second kappa shape index (κ2) is 5.93. The number of nitrogen functional groups attached to an aromatic ring is 1. The Kier molecular flexibility index (Phi) is 4.63. The van der Waals surface area contributed by atoms with Crippen molar-refractivity contribution in [2.45, 2.75) is 4.90 Å². The van der Waals surface area contributed by atoms with Crippen LogP contribution in [0.2, 0.25) is 5.02 Å². The van der Waals surface area contributed by atoms with E-state index in [9.17, 15) is 8.42 Å². The van der Waals surface area contributed by atoms with Crippen LogP contribution in [-0.4, -0.2) is 8.42 Å². The Hall–Kier alpha value is -0.760. The minimum absolute atomic E-state index is 0.00116. The van der Waals surface area contributed by atoms with Gasteiger partial charge in [0.05, 0.1) is 11.4 Å². The lowest BCUT2D eigenvalue weighted by atomic mass is 10.3. The molecule has 0 bridgehead atoms. The van der Waals surface area contributed by atoms with Gasteiger partial charge in [0.2, 0.25) is 0 Å². The fourth-order valence-electron chi connectivity index (χ4n) is 1.52. The van der Waals surface area contributed by atoms with Gasteiger partial charge in [-0.15, -0.1) is 0 Å². The van der Waals surface area contributed by atoms with Crippen molar-refractivity contribution < 1.29 is 8.42 Å². The average Bonchev–Trinajstić information content (AvgIpc) is 2.36. The highest BCUT2D eigenvalue weighted by Gasteiger charge is 2.19. The highest BCUT2D eigenvalue weighted by Crippen LogP contribution is 2.30. The predicted molar refractivity (Wildman–Crippen MR) is 88.5 cm³/mol. The first-order valence-corrected chi connectivity index (χ1v) is 8.77. The first-order chi connectivity index (χ1) is 9.29. The fourth-order valence-corrected chi connectivity index (χ4v) is 3.91. The zero-order valence-corrected chi connectivity index (χ0v) is 14.6. The van der Waals surface area contributed by atoms with E-state index in [4.69, 9.17) is 17.3 Å². The monoisotopic (exact) mass is 438 g/mol. The summed E-state index contributed by atoms with van der Waals surface area (Å²) in [5, 5.41) is 0.424. The van der Waals surface area contributed by atoms with Gasteiger partial charge in [0, 0.05) is 14.0 Å². The SMILES string of the molecule is Nc1ccc(Br)cc1S(=O)(=O)Nc1cc(Cl)ccc1Br. The summed E-state index contributed by atoms with van der Waals surface area (Å²) in [6.45, 7) is 0. The van der Waals surface area contributed by atoms with Gasteiger partial charge in [-0.2, -0.15) is 0 Å². The molecule has 0 heterocycles. The van der Waals surface area contributed by atoms with Gasteiger partial charge in [-0.3, -0.25) is 4.72 Å². The zero-order chi connectivity index (χ0) is 14.9. The van der Waals surface area contributed by atoms with E-state index in [1.165, 1.54) is 18.2 Å². The highest BCUT2D eigenvalue weighted by molar-refractivity contribution is 9.10. The Bertz CT molecular complexity index is 766. The van der Waals surface area contributed by atoms with Crippen LogP contribution in [0, 0.1) is 0 Å². The summed E-state index contributed by atoms with van der Waals surface area (Å²) in [5.74, 6) is 0. The maximum atomic E-state index is 12.4. The molecule has 0 unspecified atom stereocenters. The lowest BCUT2D eigenvalue weighted by molar-refractivity contribution is 0.601. The fraction of sp³-hybridized carbons (Fsp3) is 0. The molecule has 0 saturated carbocycles. The number of nitrogens with two attached hydrogens (primary N) is 1. The number of hydrogen-bond acceptors (Lipinski definition) is 3. The summed E-state index contributed by atoms with van der Waals surface area (Å²) in [4.78, 5) is -0.00116. The predicted octanol–water partition coefficient (Wildman–Crippen LogP) is 4.25. The van der Waals surface area contributed by atoms with Crippen LogP contribution in [-0.2, 0) is 10.0 Å². The van der Waals surface area contributed by atoms with Gasteiger partial charge in [-0.05, 0) is 52.3 Å². The summed E-state index contributed by atoms with van der Waals surface area (Å²) in [6, 6.07) is 9.45. The number of rotatable bonds is 3. The Balaban J connectivity index is 2.46. The molecule has 0 aliphatic rings. The summed E-state index contributed by atoms with van der Waals surface area (Å²) >= 11 is 12.3. The van der Waals surface area contributed by atoms with Crippen LogP contribution < -0.4 is 10.5 Å². The standard InChI is InChI=1S/C12H9Br2ClN2O2S/c13-7-1-4-10(16)12(5-7)20(18,19)17-11-6-8(15)2-3-9(11)14/h1-6,17H,16H2. The lowest BCUT2D eigenvalue weighted by Crippen LogP contribution is -2.15. The van der Waals surface area contributed by atoms with Crippen LogP contribution in [0.4, 0.5) is 11.4 Å². The molecular weight excluding hydrogens is 431 g/mol. The lowest BCUT2D eigenvalue weighted by Gasteiger charge is -2.12. The average molecular weight is 441 g/mol. The molecule has 4 nitrogen and oxygen atoms in total. The third-order valence-electron chi connectivity index (χ3n) is 2.44. The normalized spacial score (nSPS) is 11.3. The van der Waals surface area contributed by atoms with Crippen molar-refractivity contribution in [2.75, 3.05) is 10.5 Å². The largest absolute Gasteiger partial charge is 0.398 e. The van der Waals surface area contributed by atoms with Crippen molar-refractivity contribution in [3.63, 3.8) is 0 Å². The van der Waals surface area contributed by atoms with Gasteiger partial charge in [0.1, 0.15) is 4.90 Å². The van der Waals surface area contributed by atoms with Crippen LogP contribution in [0.25, 0.3) is 0 Å². The third-order valence-corrected chi connectivity index (χ3v) is 5.28. The minimum Gasteiger partial charge on any atom is -0.398 e. The van der Waals surface area contributed by atoms with E-state index in [1.807, 2.05) is 0 Å². The van der Waals surface area contributed by atoms with Crippen LogP contribution in [0.1, 0.15) is 0 Å². The molecule has 0 spiro atoms.